The van der Waals surface area contributed by atoms with E-state index in [9.17, 15) is 4.39 Å². The van der Waals surface area contributed by atoms with Gasteiger partial charge in [0.2, 0.25) is 0 Å². The Hall–Kier alpha value is -1.25. The third-order valence-electron chi connectivity index (χ3n) is 1.97. The van der Waals surface area contributed by atoms with Crippen molar-refractivity contribution in [3.05, 3.63) is 24.0 Å². The van der Waals surface area contributed by atoms with Crippen molar-refractivity contribution < 1.29 is 9.13 Å². The van der Waals surface area contributed by atoms with E-state index in [1.54, 1.807) is 6.07 Å². The number of ether oxygens (including phenoxy) is 1. The van der Waals surface area contributed by atoms with E-state index in [0.29, 0.717) is 5.75 Å². The topological polar surface area (TPSA) is 21.3 Å². The van der Waals surface area contributed by atoms with Crippen LogP contribution < -0.4 is 10.1 Å². The highest BCUT2D eigenvalue weighted by molar-refractivity contribution is 5.56. The molecule has 0 aliphatic heterocycles. The Morgan fingerprint density at radius 2 is 2.00 bits per heavy atom. The molecule has 0 bridgehead atoms. The van der Waals surface area contributed by atoms with Crippen molar-refractivity contribution >= 4 is 5.69 Å². The predicted molar refractivity (Wildman–Crippen MR) is 60.9 cm³/mol. The molecule has 0 amide bonds. The van der Waals surface area contributed by atoms with Gasteiger partial charge in [0.05, 0.1) is 12.8 Å². The smallest absolute Gasteiger partial charge is 0.144 e. The maximum atomic E-state index is 12.9. The molecule has 0 saturated carbocycles. The second-order valence-electron chi connectivity index (χ2n) is 4.76. The highest BCUT2D eigenvalue weighted by Crippen LogP contribution is 2.26. The van der Waals surface area contributed by atoms with Gasteiger partial charge in [-0.3, -0.25) is 0 Å². The van der Waals surface area contributed by atoms with Crippen LogP contribution in [0.3, 0.4) is 0 Å². The molecule has 1 N–H and O–H groups in total. The molecule has 0 atom stereocenters. The van der Waals surface area contributed by atoms with Crippen molar-refractivity contribution in [2.45, 2.75) is 20.8 Å². The summed E-state index contributed by atoms with van der Waals surface area (Å²) in [6.07, 6.45) is 0. The van der Waals surface area contributed by atoms with Gasteiger partial charge in [0.15, 0.2) is 0 Å². The number of hydrogen-bond donors (Lipinski definition) is 1. The molecule has 2 nitrogen and oxygen atoms in total. The van der Waals surface area contributed by atoms with Crippen molar-refractivity contribution in [1.29, 1.82) is 0 Å². The van der Waals surface area contributed by atoms with Gasteiger partial charge >= 0.3 is 0 Å². The molecule has 1 rings (SSSR count). The van der Waals surface area contributed by atoms with E-state index in [2.05, 4.69) is 26.1 Å². The van der Waals surface area contributed by atoms with Gasteiger partial charge in [0.1, 0.15) is 11.6 Å². The number of benzene rings is 1. The number of halogens is 1. The molecule has 0 fully saturated rings. The minimum Gasteiger partial charge on any atom is -0.494 e. The first-order valence-electron chi connectivity index (χ1n) is 5.00. The van der Waals surface area contributed by atoms with Crippen molar-refractivity contribution in [3.8, 4) is 5.75 Å². The van der Waals surface area contributed by atoms with Gasteiger partial charge in [-0.2, -0.15) is 0 Å². The molecule has 0 spiro atoms. The zero-order valence-corrected chi connectivity index (χ0v) is 9.73. The van der Waals surface area contributed by atoms with E-state index in [4.69, 9.17) is 4.74 Å². The Morgan fingerprint density at radius 3 is 2.53 bits per heavy atom. The zero-order chi connectivity index (χ0) is 11.5. The monoisotopic (exact) mass is 211 g/mol. The molecule has 0 aromatic heterocycles. The van der Waals surface area contributed by atoms with Crippen LogP contribution in [-0.2, 0) is 0 Å². The predicted octanol–water partition coefficient (Wildman–Crippen LogP) is 3.29. The Morgan fingerprint density at radius 1 is 1.33 bits per heavy atom. The van der Waals surface area contributed by atoms with Crippen LogP contribution >= 0.6 is 0 Å². The first-order chi connectivity index (χ1) is 6.92. The molecule has 0 heterocycles. The average molecular weight is 211 g/mol. The normalized spacial score (nSPS) is 11.3. The first kappa shape index (κ1) is 11.8. The lowest BCUT2D eigenvalue weighted by Crippen LogP contribution is -2.19. The second-order valence-corrected chi connectivity index (χ2v) is 4.76. The van der Waals surface area contributed by atoms with E-state index >= 15 is 0 Å². The van der Waals surface area contributed by atoms with E-state index in [1.165, 1.54) is 19.2 Å². The highest BCUT2D eigenvalue weighted by atomic mass is 19.1. The number of anilines is 1. The van der Waals surface area contributed by atoms with Crippen LogP contribution in [0.5, 0.6) is 5.75 Å². The molecule has 0 aliphatic carbocycles. The lowest BCUT2D eigenvalue weighted by Gasteiger charge is -2.20. The van der Waals surface area contributed by atoms with Gasteiger partial charge < -0.3 is 10.1 Å². The maximum absolute atomic E-state index is 12.9. The molecule has 1 aromatic carbocycles. The summed E-state index contributed by atoms with van der Waals surface area (Å²) in [5.74, 6) is 0.257. The van der Waals surface area contributed by atoms with Crippen LogP contribution in [0.1, 0.15) is 20.8 Å². The second kappa shape index (κ2) is 4.51. The Bertz CT molecular complexity index is 331. The number of rotatable bonds is 3. The maximum Gasteiger partial charge on any atom is 0.144 e. The largest absolute Gasteiger partial charge is 0.494 e. The fourth-order valence-electron chi connectivity index (χ4n) is 1.17. The summed E-state index contributed by atoms with van der Waals surface area (Å²) >= 11 is 0. The summed E-state index contributed by atoms with van der Waals surface area (Å²) in [7, 11) is 1.54. The van der Waals surface area contributed by atoms with Gasteiger partial charge in [-0.05, 0) is 17.5 Å². The fraction of sp³-hybridized carbons (Fsp3) is 0.500. The van der Waals surface area contributed by atoms with Crippen molar-refractivity contribution in [2.24, 2.45) is 5.41 Å². The lowest BCUT2D eigenvalue weighted by molar-refractivity contribution is 0.409. The lowest BCUT2D eigenvalue weighted by atomic mass is 9.97. The summed E-state index contributed by atoms with van der Waals surface area (Å²) in [5.41, 5.74) is 1.01. The minimum atomic E-state index is -0.284. The number of nitrogens with one attached hydrogen (secondary N) is 1. The summed E-state index contributed by atoms with van der Waals surface area (Å²) in [6.45, 7) is 7.22. The molecular weight excluding hydrogens is 193 g/mol. The SMILES string of the molecule is COc1cc(F)ccc1NCC(C)(C)C. The molecule has 1 aromatic rings. The fourth-order valence-corrected chi connectivity index (χ4v) is 1.17. The molecule has 15 heavy (non-hydrogen) atoms. The molecule has 0 radical (unpaired) electrons. The van der Waals surface area contributed by atoms with Crippen LogP contribution in [-0.4, -0.2) is 13.7 Å². The minimum absolute atomic E-state index is 0.180. The Kier molecular flexibility index (Phi) is 3.56. The number of methoxy groups -OCH3 is 1. The van der Waals surface area contributed by atoms with Crippen LogP contribution in [0.15, 0.2) is 18.2 Å². The van der Waals surface area contributed by atoms with Crippen molar-refractivity contribution in [3.63, 3.8) is 0 Å². The molecule has 0 unspecified atom stereocenters. The van der Waals surface area contributed by atoms with Crippen LogP contribution in [0, 0.1) is 11.2 Å². The van der Waals surface area contributed by atoms with E-state index in [1.807, 2.05) is 0 Å². The molecule has 84 valence electrons. The number of hydrogen-bond acceptors (Lipinski definition) is 2. The summed E-state index contributed by atoms with van der Waals surface area (Å²) < 4.78 is 18.0. The zero-order valence-electron chi connectivity index (χ0n) is 9.73. The summed E-state index contributed by atoms with van der Waals surface area (Å²) in [4.78, 5) is 0. The average Bonchev–Trinajstić information content (AvgIpc) is 2.14. The van der Waals surface area contributed by atoms with Gasteiger partial charge in [-0.25, -0.2) is 4.39 Å². The molecule has 3 heteroatoms. The van der Waals surface area contributed by atoms with Crippen molar-refractivity contribution in [2.75, 3.05) is 19.0 Å². The third kappa shape index (κ3) is 3.78. The van der Waals surface area contributed by atoms with E-state index in [0.717, 1.165) is 12.2 Å². The molecular formula is C12H18FNO. The van der Waals surface area contributed by atoms with Gasteiger partial charge in [0.25, 0.3) is 0 Å². The van der Waals surface area contributed by atoms with Crippen molar-refractivity contribution in [1.82, 2.24) is 0 Å². The Labute approximate surface area is 90.4 Å². The first-order valence-corrected chi connectivity index (χ1v) is 5.00. The van der Waals surface area contributed by atoms with E-state index in [-0.39, 0.29) is 11.2 Å². The van der Waals surface area contributed by atoms with Crippen LogP contribution in [0.25, 0.3) is 0 Å². The van der Waals surface area contributed by atoms with Gasteiger partial charge in [-0.15, -0.1) is 0 Å². The van der Waals surface area contributed by atoms with Crippen LogP contribution in [0.4, 0.5) is 10.1 Å². The Balaban J connectivity index is 2.76. The van der Waals surface area contributed by atoms with Crippen LogP contribution in [0.2, 0.25) is 0 Å². The molecule has 0 saturated heterocycles. The summed E-state index contributed by atoms with van der Waals surface area (Å²) in [6, 6.07) is 4.50. The standard InChI is InChI=1S/C12H18FNO/c1-12(2,3)8-14-10-6-5-9(13)7-11(10)15-4/h5-7,14H,8H2,1-4H3. The quantitative estimate of drug-likeness (QED) is 0.828. The van der Waals surface area contributed by atoms with Gasteiger partial charge in [0, 0.05) is 12.6 Å². The van der Waals surface area contributed by atoms with E-state index < -0.39 is 0 Å². The highest BCUT2D eigenvalue weighted by Gasteiger charge is 2.11. The third-order valence-corrected chi connectivity index (χ3v) is 1.97. The molecule has 0 aliphatic rings. The summed E-state index contributed by atoms with van der Waals surface area (Å²) in [5, 5.41) is 3.24. The van der Waals surface area contributed by atoms with Gasteiger partial charge in [-0.1, -0.05) is 20.8 Å².